The summed E-state index contributed by atoms with van der Waals surface area (Å²) in [6, 6.07) is 6.24. The number of hydrogen-bond donors (Lipinski definition) is 1. The Labute approximate surface area is 116 Å². The van der Waals surface area contributed by atoms with Crippen molar-refractivity contribution in [3.63, 3.8) is 0 Å². The highest BCUT2D eigenvalue weighted by molar-refractivity contribution is 5.91. The van der Waals surface area contributed by atoms with Gasteiger partial charge in [-0.2, -0.15) is 5.10 Å². The zero-order valence-corrected chi connectivity index (χ0v) is 11.6. The number of ether oxygens (including phenoxy) is 1. The molecule has 1 heterocycles. The summed E-state index contributed by atoms with van der Waals surface area (Å²) >= 11 is 0. The summed E-state index contributed by atoms with van der Waals surface area (Å²) in [6.07, 6.45) is 0.0884. The summed E-state index contributed by atoms with van der Waals surface area (Å²) in [5.74, 6) is 0.0737. The van der Waals surface area contributed by atoms with E-state index in [1.54, 1.807) is 23.9 Å². The van der Waals surface area contributed by atoms with Crippen LogP contribution in [-0.2, 0) is 18.3 Å². The normalized spacial score (nSPS) is 10.4. The maximum Gasteiger partial charge on any atom is 0.229 e. The average molecular weight is 277 g/mol. The van der Waals surface area contributed by atoms with Gasteiger partial charge in [-0.1, -0.05) is 6.07 Å². The number of benzene rings is 1. The molecule has 0 bridgehead atoms. The van der Waals surface area contributed by atoms with Crippen molar-refractivity contribution in [2.75, 3.05) is 12.4 Å². The van der Waals surface area contributed by atoms with E-state index in [-0.39, 0.29) is 18.1 Å². The van der Waals surface area contributed by atoms with Crippen LogP contribution < -0.4 is 10.1 Å². The molecule has 0 aliphatic heterocycles. The average Bonchev–Trinajstić information content (AvgIpc) is 2.68. The predicted molar refractivity (Wildman–Crippen MR) is 73.2 cm³/mol. The molecule has 106 valence electrons. The Hall–Kier alpha value is -2.37. The minimum atomic E-state index is -0.478. The summed E-state index contributed by atoms with van der Waals surface area (Å²) in [7, 11) is 3.14. The molecule has 20 heavy (non-hydrogen) atoms. The Balaban J connectivity index is 2.04. The van der Waals surface area contributed by atoms with Gasteiger partial charge in [-0.15, -0.1) is 0 Å². The van der Waals surface area contributed by atoms with Gasteiger partial charge in [0, 0.05) is 13.1 Å². The van der Waals surface area contributed by atoms with Gasteiger partial charge in [0.15, 0.2) is 11.6 Å². The van der Waals surface area contributed by atoms with Gasteiger partial charge in [0.25, 0.3) is 0 Å². The van der Waals surface area contributed by atoms with E-state index in [1.165, 1.54) is 19.2 Å². The van der Waals surface area contributed by atoms with Crippen molar-refractivity contribution >= 4 is 11.7 Å². The summed E-state index contributed by atoms with van der Waals surface area (Å²) in [6.45, 7) is 1.84. The topological polar surface area (TPSA) is 56.1 Å². The highest BCUT2D eigenvalue weighted by Crippen LogP contribution is 2.18. The van der Waals surface area contributed by atoms with Crippen LogP contribution in [0.5, 0.6) is 5.75 Å². The molecule has 5 nitrogen and oxygen atoms in total. The summed E-state index contributed by atoms with van der Waals surface area (Å²) in [5, 5.41) is 6.87. The molecule has 0 atom stereocenters. The largest absolute Gasteiger partial charge is 0.494 e. The number of aromatic nitrogens is 2. The number of rotatable bonds is 4. The number of nitrogens with one attached hydrogen (secondary N) is 1. The predicted octanol–water partition coefficient (Wildman–Crippen LogP) is 2.06. The fourth-order valence-electron chi connectivity index (χ4n) is 1.92. The minimum Gasteiger partial charge on any atom is -0.494 e. The maximum absolute atomic E-state index is 13.5. The van der Waals surface area contributed by atoms with E-state index in [0.29, 0.717) is 11.4 Å². The molecule has 0 saturated carbocycles. The lowest BCUT2D eigenvalue weighted by molar-refractivity contribution is -0.115. The molecule has 0 fully saturated rings. The molecule has 6 heteroatoms. The summed E-state index contributed by atoms with van der Waals surface area (Å²) < 4.78 is 19.9. The first-order valence-electron chi connectivity index (χ1n) is 6.12. The molecule has 1 aromatic carbocycles. The Morgan fingerprint density at radius 1 is 1.45 bits per heavy atom. The molecular weight excluding hydrogens is 261 g/mol. The molecule has 2 aromatic rings. The number of anilines is 1. The number of aryl methyl sites for hydroxylation is 2. The third-order valence-corrected chi connectivity index (χ3v) is 2.85. The fraction of sp³-hybridized carbons (Fsp3) is 0.286. The van der Waals surface area contributed by atoms with Crippen molar-refractivity contribution in [2.24, 2.45) is 7.05 Å². The smallest absolute Gasteiger partial charge is 0.229 e. The van der Waals surface area contributed by atoms with Gasteiger partial charge in [0.2, 0.25) is 5.91 Å². The third-order valence-electron chi connectivity index (χ3n) is 2.85. The monoisotopic (exact) mass is 277 g/mol. The van der Waals surface area contributed by atoms with Gasteiger partial charge in [0.1, 0.15) is 5.82 Å². The number of halogens is 1. The van der Waals surface area contributed by atoms with Crippen molar-refractivity contribution in [3.8, 4) is 5.75 Å². The number of methoxy groups -OCH3 is 1. The number of hydrogen-bond acceptors (Lipinski definition) is 3. The number of nitrogens with zero attached hydrogens (tertiary/aromatic N) is 2. The highest BCUT2D eigenvalue weighted by atomic mass is 19.1. The molecule has 0 aliphatic carbocycles. The zero-order valence-electron chi connectivity index (χ0n) is 11.6. The van der Waals surface area contributed by atoms with E-state index in [2.05, 4.69) is 10.4 Å². The van der Waals surface area contributed by atoms with Crippen molar-refractivity contribution in [1.29, 1.82) is 0 Å². The second-order valence-corrected chi connectivity index (χ2v) is 4.49. The third kappa shape index (κ3) is 3.14. The summed E-state index contributed by atoms with van der Waals surface area (Å²) in [4.78, 5) is 11.9. The molecule has 1 aromatic heterocycles. The van der Waals surface area contributed by atoms with Crippen LogP contribution in [0.2, 0.25) is 0 Å². The van der Waals surface area contributed by atoms with E-state index in [0.717, 1.165) is 5.69 Å². The molecule has 0 unspecified atom stereocenters. The van der Waals surface area contributed by atoms with Crippen LogP contribution in [0.25, 0.3) is 0 Å². The standard InChI is InChI=1S/C14H16FN3O2/c1-9-6-13(18(2)17-9)16-14(19)8-10-4-5-12(20-3)11(15)7-10/h4-7H,8H2,1-3H3,(H,16,19). The number of carbonyl (C=O) groups is 1. The van der Waals surface area contributed by atoms with Crippen LogP contribution >= 0.6 is 0 Å². The van der Waals surface area contributed by atoms with Crippen LogP contribution in [0.15, 0.2) is 24.3 Å². The van der Waals surface area contributed by atoms with Crippen LogP contribution in [0.3, 0.4) is 0 Å². The molecule has 2 rings (SSSR count). The van der Waals surface area contributed by atoms with Crippen LogP contribution in [0, 0.1) is 12.7 Å². The molecule has 0 spiro atoms. The van der Waals surface area contributed by atoms with Crippen molar-refractivity contribution in [3.05, 3.63) is 41.3 Å². The maximum atomic E-state index is 13.5. The molecule has 0 aliphatic rings. The number of amides is 1. The first kappa shape index (κ1) is 14.0. The van der Waals surface area contributed by atoms with E-state index < -0.39 is 5.82 Å². The van der Waals surface area contributed by atoms with Gasteiger partial charge >= 0.3 is 0 Å². The Morgan fingerprint density at radius 2 is 2.20 bits per heavy atom. The van der Waals surface area contributed by atoms with Gasteiger partial charge in [-0.05, 0) is 24.6 Å². The molecule has 0 saturated heterocycles. The second-order valence-electron chi connectivity index (χ2n) is 4.49. The fourth-order valence-corrected chi connectivity index (χ4v) is 1.92. The first-order chi connectivity index (χ1) is 9.49. The Kier molecular flexibility index (Phi) is 4.02. The summed E-state index contributed by atoms with van der Waals surface area (Å²) in [5.41, 5.74) is 1.40. The molecule has 0 radical (unpaired) electrons. The number of carbonyl (C=O) groups excluding carboxylic acids is 1. The Bertz CT molecular complexity index is 637. The Morgan fingerprint density at radius 3 is 2.75 bits per heavy atom. The zero-order chi connectivity index (χ0) is 14.7. The molecular formula is C14H16FN3O2. The van der Waals surface area contributed by atoms with Crippen LogP contribution in [-0.4, -0.2) is 22.8 Å². The molecule has 1 N–H and O–H groups in total. The van der Waals surface area contributed by atoms with E-state index in [9.17, 15) is 9.18 Å². The minimum absolute atomic E-state index is 0.0884. The van der Waals surface area contributed by atoms with Gasteiger partial charge in [-0.25, -0.2) is 4.39 Å². The lowest BCUT2D eigenvalue weighted by atomic mass is 10.1. The van der Waals surface area contributed by atoms with E-state index in [1.807, 2.05) is 6.92 Å². The quantitative estimate of drug-likeness (QED) is 0.930. The lowest BCUT2D eigenvalue weighted by Crippen LogP contribution is -2.16. The van der Waals surface area contributed by atoms with Gasteiger partial charge < -0.3 is 10.1 Å². The van der Waals surface area contributed by atoms with Crippen LogP contribution in [0.1, 0.15) is 11.3 Å². The van der Waals surface area contributed by atoms with E-state index >= 15 is 0 Å². The lowest BCUT2D eigenvalue weighted by Gasteiger charge is -2.07. The van der Waals surface area contributed by atoms with Gasteiger partial charge in [-0.3, -0.25) is 9.48 Å². The van der Waals surface area contributed by atoms with Crippen molar-refractivity contribution in [2.45, 2.75) is 13.3 Å². The van der Waals surface area contributed by atoms with E-state index in [4.69, 9.17) is 4.74 Å². The SMILES string of the molecule is COc1ccc(CC(=O)Nc2cc(C)nn2C)cc1F. The van der Waals surface area contributed by atoms with Gasteiger partial charge in [0.05, 0.1) is 19.2 Å². The van der Waals surface area contributed by atoms with Crippen molar-refractivity contribution < 1.29 is 13.9 Å². The highest BCUT2D eigenvalue weighted by Gasteiger charge is 2.10. The molecule has 1 amide bonds. The van der Waals surface area contributed by atoms with Crippen LogP contribution in [0.4, 0.5) is 10.2 Å². The van der Waals surface area contributed by atoms with Crippen molar-refractivity contribution in [1.82, 2.24) is 9.78 Å². The first-order valence-corrected chi connectivity index (χ1v) is 6.12. The second kappa shape index (κ2) is 5.73.